The summed E-state index contributed by atoms with van der Waals surface area (Å²) in [5.41, 5.74) is 0.327. The third kappa shape index (κ3) is 3.37. The monoisotopic (exact) mass is 267 g/mol. The van der Waals surface area contributed by atoms with Gasteiger partial charge in [-0.1, -0.05) is 6.07 Å². The molecule has 6 heteroatoms. The second kappa shape index (κ2) is 6.63. The zero-order valence-corrected chi connectivity index (χ0v) is 11.4. The van der Waals surface area contributed by atoms with Crippen LogP contribution in [0.3, 0.4) is 0 Å². The minimum Gasteiger partial charge on any atom is -0.493 e. The molecule has 0 bridgehead atoms. The molecule has 0 radical (unpaired) electrons. The van der Waals surface area contributed by atoms with Crippen LogP contribution >= 0.6 is 0 Å². The summed E-state index contributed by atoms with van der Waals surface area (Å²) in [6, 6.07) is 4.98. The summed E-state index contributed by atoms with van der Waals surface area (Å²) in [6.45, 7) is -0.129. The Morgan fingerprint density at radius 1 is 1.16 bits per heavy atom. The third-order valence-corrected chi connectivity index (χ3v) is 2.57. The van der Waals surface area contributed by atoms with Crippen LogP contribution in [0.5, 0.6) is 11.5 Å². The molecule has 0 N–H and O–H groups in total. The van der Waals surface area contributed by atoms with Crippen molar-refractivity contribution in [3.05, 3.63) is 23.8 Å². The largest absolute Gasteiger partial charge is 0.493 e. The maximum Gasteiger partial charge on any atom is 0.325 e. The molecule has 1 rings (SSSR count). The van der Waals surface area contributed by atoms with Gasteiger partial charge in [0.25, 0.3) is 5.91 Å². The maximum atomic E-state index is 12.2. The topological polar surface area (TPSA) is 65.1 Å². The maximum absolute atomic E-state index is 12.2. The van der Waals surface area contributed by atoms with Crippen molar-refractivity contribution in [3.8, 4) is 11.5 Å². The summed E-state index contributed by atoms with van der Waals surface area (Å²) in [5.74, 6) is -0.0367. The lowest BCUT2D eigenvalue weighted by molar-refractivity contribution is -0.141. The quantitative estimate of drug-likeness (QED) is 0.743. The molecule has 1 aromatic carbocycles. The van der Waals surface area contributed by atoms with Crippen LogP contribution < -0.4 is 9.47 Å². The van der Waals surface area contributed by atoms with Gasteiger partial charge in [-0.05, 0) is 12.1 Å². The molecule has 0 saturated heterocycles. The summed E-state index contributed by atoms with van der Waals surface area (Å²) in [4.78, 5) is 24.6. The van der Waals surface area contributed by atoms with E-state index in [1.54, 1.807) is 18.2 Å². The molecule has 0 aromatic heterocycles. The van der Waals surface area contributed by atoms with E-state index in [9.17, 15) is 9.59 Å². The van der Waals surface area contributed by atoms with Gasteiger partial charge in [0.2, 0.25) is 0 Å². The molecule has 0 atom stereocenters. The fraction of sp³-hybridized carbons (Fsp3) is 0.385. The standard InChI is InChI=1S/C13H17NO5/c1-14(8-11(15)18-3)13(16)9-6-5-7-10(17-2)12(9)19-4/h5-7H,8H2,1-4H3. The molecule has 19 heavy (non-hydrogen) atoms. The van der Waals surface area contributed by atoms with Crippen LogP contribution in [0.2, 0.25) is 0 Å². The second-order valence-corrected chi connectivity index (χ2v) is 3.78. The van der Waals surface area contributed by atoms with Crippen LogP contribution in [0, 0.1) is 0 Å². The predicted molar refractivity (Wildman–Crippen MR) is 68.5 cm³/mol. The van der Waals surface area contributed by atoms with E-state index in [-0.39, 0.29) is 12.5 Å². The summed E-state index contributed by atoms with van der Waals surface area (Å²) in [6.07, 6.45) is 0. The molecule has 0 unspecified atom stereocenters. The lowest BCUT2D eigenvalue weighted by Crippen LogP contribution is -2.32. The van der Waals surface area contributed by atoms with Crippen LogP contribution in [0.1, 0.15) is 10.4 Å². The summed E-state index contributed by atoms with van der Waals surface area (Å²) >= 11 is 0. The van der Waals surface area contributed by atoms with Crippen LogP contribution in [0.25, 0.3) is 0 Å². The van der Waals surface area contributed by atoms with Crippen LogP contribution in [-0.2, 0) is 9.53 Å². The number of nitrogens with zero attached hydrogens (tertiary/aromatic N) is 1. The Labute approximate surface area is 111 Å². The van der Waals surface area contributed by atoms with E-state index in [0.29, 0.717) is 17.1 Å². The lowest BCUT2D eigenvalue weighted by atomic mass is 10.1. The van der Waals surface area contributed by atoms with E-state index in [1.807, 2.05) is 0 Å². The smallest absolute Gasteiger partial charge is 0.325 e. The Hall–Kier alpha value is -2.24. The Kier molecular flexibility index (Phi) is 5.17. The number of methoxy groups -OCH3 is 3. The van der Waals surface area contributed by atoms with Crippen molar-refractivity contribution in [2.75, 3.05) is 34.9 Å². The highest BCUT2D eigenvalue weighted by Gasteiger charge is 2.21. The molecule has 104 valence electrons. The van der Waals surface area contributed by atoms with Gasteiger partial charge >= 0.3 is 5.97 Å². The highest BCUT2D eigenvalue weighted by molar-refractivity contribution is 5.99. The first-order valence-corrected chi connectivity index (χ1v) is 5.58. The van der Waals surface area contributed by atoms with E-state index in [2.05, 4.69) is 4.74 Å². The zero-order valence-electron chi connectivity index (χ0n) is 11.4. The van der Waals surface area contributed by atoms with Crippen molar-refractivity contribution >= 4 is 11.9 Å². The van der Waals surface area contributed by atoms with Gasteiger partial charge in [0, 0.05) is 7.05 Å². The molecule has 0 aliphatic heterocycles. The molecule has 0 saturated carbocycles. The van der Waals surface area contributed by atoms with Crippen LogP contribution in [0.4, 0.5) is 0 Å². The van der Waals surface area contributed by atoms with Gasteiger partial charge < -0.3 is 19.1 Å². The van der Waals surface area contributed by atoms with Gasteiger partial charge in [0.05, 0.1) is 26.9 Å². The fourth-order valence-electron chi connectivity index (χ4n) is 1.59. The number of rotatable bonds is 5. The number of para-hydroxylation sites is 1. The number of hydrogen-bond acceptors (Lipinski definition) is 5. The van der Waals surface area contributed by atoms with Crippen molar-refractivity contribution in [1.29, 1.82) is 0 Å². The molecular formula is C13H17NO5. The number of ether oxygens (including phenoxy) is 3. The summed E-state index contributed by atoms with van der Waals surface area (Å²) < 4.78 is 14.8. The second-order valence-electron chi connectivity index (χ2n) is 3.78. The van der Waals surface area contributed by atoms with E-state index < -0.39 is 5.97 Å². The molecule has 1 amide bonds. The number of benzene rings is 1. The fourth-order valence-corrected chi connectivity index (χ4v) is 1.59. The molecule has 6 nitrogen and oxygen atoms in total. The highest BCUT2D eigenvalue weighted by Crippen LogP contribution is 2.31. The first kappa shape index (κ1) is 14.8. The van der Waals surface area contributed by atoms with E-state index in [1.165, 1.54) is 33.3 Å². The first-order chi connectivity index (χ1) is 9.04. The normalized spacial score (nSPS) is 9.68. The molecule has 0 heterocycles. The van der Waals surface area contributed by atoms with Crippen molar-refractivity contribution in [2.24, 2.45) is 0 Å². The van der Waals surface area contributed by atoms with Gasteiger partial charge in [-0.3, -0.25) is 9.59 Å². The average molecular weight is 267 g/mol. The minimum absolute atomic E-state index is 0.129. The molecule has 0 aliphatic rings. The van der Waals surface area contributed by atoms with E-state index >= 15 is 0 Å². The van der Waals surface area contributed by atoms with Gasteiger partial charge in [-0.15, -0.1) is 0 Å². The van der Waals surface area contributed by atoms with Crippen molar-refractivity contribution in [3.63, 3.8) is 0 Å². The third-order valence-electron chi connectivity index (χ3n) is 2.57. The van der Waals surface area contributed by atoms with E-state index in [0.717, 1.165) is 0 Å². The van der Waals surface area contributed by atoms with Gasteiger partial charge in [0.1, 0.15) is 6.54 Å². The van der Waals surface area contributed by atoms with Gasteiger partial charge in [-0.25, -0.2) is 0 Å². The lowest BCUT2D eigenvalue weighted by Gasteiger charge is -2.18. The molecule has 0 fully saturated rings. The number of carbonyl (C=O) groups excluding carboxylic acids is 2. The molecular weight excluding hydrogens is 250 g/mol. The summed E-state index contributed by atoms with van der Waals surface area (Å²) in [7, 11) is 5.73. The van der Waals surface area contributed by atoms with Crippen molar-refractivity contribution in [2.45, 2.75) is 0 Å². The Morgan fingerprint density at radius 2 is 1.84 bits per heavy atom. The molecule has 0 aliphatic carbocycles. The highest BCUT2D eigenvalue weighted by atomic mass is 16.5. The molecule has 0 spiro atoms. The summed E-state index contributed by atoms with van der Waals surface area (Å²) in [5, 5.41) is 0. The average Bonchev–Trinajstić information content (AvgIpc) is 2.44. The van der Waals surface area contributed by atoms with Gasteiger partial charge in [-0.2, -0.15) is 0 Å². The number of hydrogen-bond donors (Lipinski definition) is 0. The van der Waals surface area contributed by atoms with Crippen LogP contribution in [0.15, 0.2) is 18.2 Å². The first-order valence-electron chi connectivity index (χ1n) is 5.58. The van der Waals surface area contributed by atoms with Crippen molar-refractivity contribution in [1.82, 2.24) is 4.90 Å². The SMILES string of the molecule is COC(=O)CN(C)C(=O)c1cccc(OC)c1OC. The minimum atomic E-state index is -0.488. The number of likely N-dealkylation sites (N-methyl/N-ethyl adjacent to an activating group) is 1. The Bertz CT molecular complexity index is 472. The number of amides is 1. The van der Waals surface area contributed by atoms with Crippen LogP contribution in [-0.4, -0.2) is 51.7 Å². The molecule has 1 aromatic rings. The predicted octanol–water partition coefficient (Wildman–Crippen LogP) is 0.949. The van der Waals surface area contributed by atoms with E-state index in [4.69, 9.17) is 9.47 Å². The Balaban J connectivity index is 3.02. The zero-order chi connectivity index (χ0) is 14.4. The Morgan fingerprint density at radius 3 is 2.37 bits per heavy atom. The van der Waals surface area contributed by atoms with Crippen molar-refractivity contribution < 1.29 is 23.8 Å². The number of esters is 1. The number of carbonyl (C=O) groups is 2. The van der Waals surface area contributed by atoms with Gasteiger partial charge in [0.15, 0.2) is 11.5 Å².